The van der Waals surface area contributed by atoms with Gasteiger partial charge in [0.1, 0.15) is 0 Å². The molecule has 2 rings (SSSR count). The zero-order valence-corrected chi connectivity index (χ0v) is 13.2. The molecule has 1 N–H and O–H groups in total. The molecule has 0 saturated heterocycles. The Morgan fingerprint density at radius 2 is 2.10 bits per heavy atom. The van der Waals surface area contributed by atoms with Crippen LogP contribution in [0.1, 0.15) is 34.1 Å². The molecule has 0 spiro atoms. The van der Waals surface area contributed by atoms with Gasteiger partial charge >= 0.3 is 0 Å². The van der Waals surface area contributed by atoms with E-state index in [2.05, 4.69) is 33.2 Å². The van der Waals surface area contributed by atoms with E-state index >= 15 is 0 Å². The Labute approximate surface area is 127 Å². The third-order valence-electron chi connectivity index (χ3n) is 3.29. The normalized spacial score (nSPS) is 10.3. The molecular weight excluding hydrogens is 316 g/mol. The van der Waals surface area contributed by atoms with E-state index in [4.69, 9.17) is 0 Å². The number of rotatable bonds is 4. The molecule has 1 heterocycles. The van der Waals surface area contributed by atoms with E-state index < -0.39 is 0 Å². The van der Waals surface area contributed by atoms with Crippen LogP contribution in [0.15, 0.2) is 41.0 Å². The van der Waals surface area contributed by atoms with Gasteiger partial charge in [0.25, 0.3) is 5.91 Å². The Kier molecular flexibility index (Phi) is 4.90. The predicted octanol–water partition coefficient (Wildman–Crippen LogP) is 3.64. The quantitative estimate of drug-likeness (QED) is 0.928. The molecule has 1 amide bonds. The van der Waals surface area contributed by atoms with Crippen molar-refractivity contribution < 1.29 is 4.79 Å². The second-order valence-electron chi connectivity index (χ2n) is 4.56. The van der Waals surface area contributed by atoms with Crippen molar-refractivity contribution in [3.8, 4) is 0 Å². The fourth-order valence-corrected chi connectivity index (χ4v) is 2.43. The van der Waals surface area contributed by atoms with Crippen molar-refractivity contribution in [1.29, 1.82) is 0 Å². The molecule has 0 aliphatic rings. The van der Waals surface area contributed by atoms with Crippen LogP contribution in [0.4, 0.5) is 0 Å². The number of amides is 1. The van der Waals surface area contributed by atoms with Gasteiger partial charge in [-0.15, -0.1) is 0 Å². The van der Waals surface area contributed by atoms with Gasteiger partial charge in [0.05, 0.1) is 12.2 Å². The van der Waals surface area contributed by atoms with Crippen molar-refractivity contribution in [3.05, 3.63) is 63.4 Å². The van der Waals surface area contributed by atoms with E-state index in [1.807, 2.05) is 37.3 Å². The predicted molar refractivity (Wildman–Crippen MR) is 83.7 cm³/mol. The van der Waals surface area contributed by atoms with Gasteiger partial charge in [-0.05, 0) is 42.7 Å². The molecule has 0 radical (unpaired) electrons. The maximum Gasteiger partial charge on any atom is 0.251 e. The summed E-state index contributed by atoms with van der Waals surface area (Å²) in [5.74, 6) is -0.0727. The summed E-state index contributed by atoms with van der Waals surface area (Å²) in [6.07, 6.45) is 2.67. The molecule has 0 aliphatic carbocycles. The SMILES string of the molecule is CCc1cccnc1CNC(=O)c1cccc(Br)c1C. The molecule has 20 heavy (non-hydrogen) atoms. The van der Waals surface area contributed by atoms with Crippen LogP contribution in [0.5, 0.6) is 0 Å². The van der Waals surface area contributed by atoms with Crippen LogP contribution in [0.25, 0.3) is 0 Å². The highest BCUT2D eigenvalue weighted by molar-refractivity contribution is 9.10. The second-order valence-corrected chi connectivity index (χ2v) is 5.41. The van der Waals surface area contributed by atoms with Gasteiger partial charge in [0, 0.05) is 16.2 Å². The summed E-state index contributed by atoms with van der Waals surface area (Å²) >= 11 is 3.44. The number of hydrogen-bond acceptors (Lipinski definition) is 2. The van der Waals surface area contributed by atoms with Crippen molar-refractivity contribution in [1.82, 2.24) is 10.3 Å². The molecule has 0 aliphatic heterocycles. The molecule has 3 nitrogen and oxygen atoms in total. The largest absolute Gasteiger partial charge is 0.346 e. The Hall–Kier alpha value is -1.68. The van der Waals surface area contributed by atoms with Crippen LogP contribution >= 0.6 is 15.9 Å². The third-order valence-corrected chi connectivity index (χ3v) is 4.15. The van der Waals surface area contributed by atoms with Crippen molar-refractivity contribution in [2.24, 2.45) is 0 Å². The first-order valence-corrected chi connectivity index (χ1v) is 7.39. The van der Waals surface area contributed by atoms with E-state index in [1.54, 1.807) is 6.20 Å². The summed E-state index contributed by atoms with van der Waals surface area (Å²) in [6, 6.07) is 9.58. The lowest BCUT2D eigenvalue weighted by Crippen LogP contribution is -2.24. The number of pyridine rings is 1. The topological polar surface area (TPSA) is 42.0 Å². The first-order chi connectivity index (χ1) is 9.63. The number of nitrogens with zero attached hydrogens (tertiary/aromatic N) is 1. The van der Waals surface area contributed by atoms with E-state index in [9.17, 15) is 4.79 Å². The summed E-state index contributed by atoms with van der Waals surface area (Å²) in [4.78, 5) is 16.6. The highest BCUT2D eigenvalue weighted by atomic mass is 79.9. The highest BCUT2D eigenvalue weighted by Crippen LogP contribution is 2.19. The molecule has 4 heteroatoms. The molecule has 104 valence electrons. The van der Waals surface area contributed by atoms with Crippen LogP contribution in [-0.4, -0.2) is 10.9 Å². The van der Waals surface area contributed by atoms with Crippen LogP contribution < -0.4 is 5.32 Å². The van der Waals surface area contributed by atoms with Crippen LogP contribution in [0.2, 0.25) is 0 Å². The number of aromatic nitrogens is 1. The number of hydrogen-bond donors (Lipinski definition) is 1. The lowest BCUT2D eigenvalue weighted by atomic mass is 10.1. The molecule has 0 unspecified atom stereocenters. The van der Waals surface area contributed by atoms with E-state index in [1.165, 1.54) is 5.56 Å². The first-order valence-electron chi connectivity index (χ1n) is 6.59. The number of benzene rings is 1. The maximum absolute atomic E-state index is 12.2. The lowest BCUT2D eigenvalue weighted by molar-refractivity contribution is 0.0949. The first kappa shape index (κ1) is 14.7. The molecule has 0 fully saturated rings. The number of carbonyl (C=O) groups excluding carboxylic acids is 1. The average molecular weight is 333 g/mol. The van der Waals surface area contributed by atoms with Gasteiger partial charge in [-0.2, -0.15) is 0 Å². The molecule has 2 aromatic rings. The Bertz CT molecular complexity index is 626. The minimum atomic E-state index is -0.0727. The van der Waals surface area contributed by atoms with Crippen molar-refractivity contribution in [2.75, 3.05) is 0 Å². The van der Waals surface area contributed by atoms with Gasteiger partial charge in [0.15, 0.2) is 0 Å². The number of carbonyl (C=O) groups is 1. The minimum Gasteiger partial charge on any atom is -0.346 e. The number of aryl methyl sites for hydroxylation is 1. The highest BCUT2D eigenvalue weighted by Gasteiger charge is 2.11. The Balaban J connectivity index is 2.11. The van der Waals surface area contributed by atoms with Gasteiger partial charge in [-0.1, -0.05) is 35.0 Å². The fourth-order valence-electron chi connectivity index (χ4n) is 2.07. The van der Waals surface area contributed by atoms with E-state index in [0.29, 0.717) is 12.1 Å². The number of halogens is 1. The fraction of sp³-hybridized carbons (Fsp3) is 0.250. The van der Waals surface area contributed by atoms with Gasteiger partial charge in [-0.25, -0.2) is 0 Å². The van der Waals surface area contributed by atoms with E-state index in [-0.39, 0.29) is 5.91 Å². The average Bonchev–Trinajstić information content (AvgIpc) is 2.48. The van der Waals surface area contributed by atoms with E-state index in [0.717, 1.165) is 22.2 Å². The summed E-state index contributed by atoms with van der Waals surface area (Å²) in [6.45, 7) is 4.47. The Morgan fingerprint density at radius 3 is 2.85 bits per heavy atom. The summed E-state index contributed by atoms with van der Waals surface area (Å²) in [7, 11) is 0. The number of nitrogens with one attached hydrogen (secondary N) is 1. The molecule has 0 bridgehead atoms. The molecule has 1 aromatic carbocycles. The van der Waals surface area contributed by atoms with Crippen molar-refractivity contribution in [2.45, 2.75) is 26.8 Å². The Morgan fingerprint density at radius 1 is 1.30 bits per heavy atom. The van der Waals surface area contributed by atoms with Gasteiger partial charge in [-0.3, -0.25) is 9.78 Å². The van der Waals surface area contributed by atoms with Crippen LogP contribution in [-0.2, 0) is 13.0 Å². The summed E-state index contributed by atoms with van der Waals surface area (Å²) in [5.41, 5.74) is 3.73. The monoisotopic (exact) mass is 332 g/mol. The van der Waals surface area contributed by atoms with Crippen LogP contribution in [0.3, 0.4) is 0 Å². The van der Waals surface area contributed by atoms with Crippen molar-refractivity contribution >= 4 is 21.8 Å². The lowest BCUT2D eigenvalue weighted by Gasteiger charge is -2.10. The second kappa shape index (κ2) is 6.66. The minimum absolute atomic E-state index is 0.0727. The van der Waals surface area contributed by atoms with Crippen LogP contribution in [0, 0.1) is 6.92 Å². The molecule has 0 saturated carbocycles. The van der Waals surface area contributed by atoms with Gasteiger partial charge in [0.2, 0.25) is 0 Å². The molecular formula is C16H17BrN2O. The van der Waals surface area contributed by atoms with Gasteiger partial charge < -0.3 is 5.32 Å². The van der Waals surface area contributed by atoms with Crippen molar-refractivity contribution in [3.63, 3.8) is 0 Å². The molecule has 1 aromatic heterocycles. The zero-order chi connectivity index (χ0) is 14.5. The maximum atomic E-state index is 12.2. The standard InChI is InChI=1S/C16H17BrN2O/c1-3-12-6-5-9-18-15(12)10-19-16(20)13-7-4-8-14(17)11(13)2/h4-9H,3,10H2,1-2H3,(H,19,20). The summed E-state index contributed by atoms with van der Waals surface area (Å²) in [5, 5.41) is 2.94. The summed E-state index contributed by atoms with van der Waals surface area (Å²) < 4.78 is 0.942. The molecule has 0 atom stereocenters. The third kappa shape index (κ3) is 3.25. The zero-order valence-electron chi connectivity index (χ0n) is 11.6. The smallest absolute Gasteiger partial charge is 0.251 e.